The Bertz CT molecular complexity index is 354. The third-order valence-corrected chi connectivity index (χ3v) is 2.64. The molecule has 1 atom stereocenters. The molecule has 0 fully saturated rings. The van der Waals surface area contributed by atoms with E-state index < -0.39 is 6.10 Å². The number of hydrogen-bond acceptors (Lipinski definition) is 5. The van der Waals surface area contributed by atoms with E-state index in [4.69, 9.17) is 18.9 Å². The lowest BCUT2D eigenvalue weighted by atomic mass is 10.1. The molecule has 0 aliphatic rings. The Kier molecular flexibility index (Phi) is 8.98. The van der Waals surface area contributed by atoms with Crippen LogP contribution < -0.4 is 4.74 Å². The molecule has 0 aromatic heterocycles. The Morgan fingerprint density at radius 1 is 1.00 bits per heavy atom. The van der Waals surface area contributed by atoms with E-state index in [2.05, 4.69) is 0 Å². The van der Waals surface area contributed by atoms with E-state index in [1.54, 1.807) is 14.0 Å². The Balaban J connectivity index is 2.05. The van der Waals surface area contributed by atoms with Crippen molar-refractivity contribution >= 4 is 0 Å². The van der Waals surface area contributed by atoms with Crippen molar-refractivity contribution in [3.05, 3.63) is 29.8 Å². The molecule has 0 radical (unpaired) electrons. The van der Waals surface area contributed by atoms with Crippen LogP contribution in [-0.2, 0) is 14.2 Å². The summed E-state index contributed by atoms with van der Waals surface area (Å²) in [6.07, 6.45) is -0.487. The summed E-state index contributed by atoms with van der Waals surface area (Å²) in [6.45, 7) is 4.99. The van der Waals surface area contributed by atoms with E-state index in [1.807, 2.05) is 24.3 Å². The Hall–Kier alpha value is -1.14. The van der Waals surface area contributed by atoms with Gasteiger partial charge in [0, 0.05) is 7.11 Å². The second-order valence-corrected chi connectivity index (χ2v) is 4.31. The van der Waals surface area contributed by atoms with Crippen LogP contribution in [0, 0.1) is 0 Å². The maximum atomic E-state index is 9.48. The molecular formula is C15H24O5. The Morgan fingerprint density at radius 2 is 1.65 bits per heavy atom. The zero-order chi connectivity index (χ0) is 14.6. The normalized spacial score (nSPS) is 12.3. The summed E-state index contributed by atoms with van der Waals surface area (Å²) in [5.41, 5.74) is 0.843. The third-order valence-electron chi connectivity index (χ3n) is 2.64. The smallest absolute Gasteiger partial charge is 0.119 e. The summed E-state index contributed by atoms with van der Waals surface area (Å²) in [4.78, 5) is 0. The Morgan fingerprint density at radius 3 is 2.30 bits per heavy atom. The summed E-state index contributed by atoms with van der Waals surface area (Å²) in [5.74, 6) is 0.739. The average Bonchev–Trinajstić information content (AvgIpc) is 2.46. The maximum absolute atomic E-state index is 9.48. The first-order valence-corrected chi connectivity index (χ1v) is 6.79. The van der Waals surface area contributed by atoms with Gasteiger partial charge in [0.05, 0.1) is 39.1 Å². The number of benzene rings is 1. The average molecular weight is 284 g/mol. The lowest BCUT2D eigenvalue weighted by molar-refractivity contribution is 0.0179. The predicted molar refractivity (Wildman–Crippen MR) is 76.1 cm³/mol. The van der Waals surface area contributed by atoms with Crippen molar-refractivity contribution in [2.45, 2.75) is 13.0 Å². The summed E-state index contributed by atoms with van der Waals surface area (Å²) >= 11 is 0. The molecule has 1 aromatic rings. The molecule has 0 amide bonds. The minimum absolute atomic E-state index is 0.474. The molecule has 20 heavy (non-hydrogen) atoms. The van der Waals surface area contributed by atoms with E-state index in [9.17, 15) is 5.11 Å². The monoisotopic (exact) mass is 284 g/mol. The lowest BCUT2D eigenvalue weighted by Gasteiger charge is -2.10. The number of methoxy groups -OCH3 is 1. The van der Waals surface area contributed by atoms with Crippen LogP contribution in [0.25, 0.3) is 0 Å². The molecule has 1 N–H and O–H groups in total. The van der Waals surface area contributed by atoms with Crippen molar-refractivity contribution in [1.29, 1.82) is 0 Å². The van der Waals surface area contributed by atoms with E-state index in [0.29, 0.717) is 39.6 Å². The summed E-state index contributed by atoms with van der Waals surface area (Å²) in [7, 11) is 1.64. The Labute approximate surface area is 120 Å². The molecule has 0 saturated heterocycles. The predicted octanol–water partition coefficient (Wildman–Crippen LogP) is 1.80. The van der Waals surface area contributed by atoms with E-state index >= 15 is 0 Å². The molecule has 0 bridgehead atoms. The van der Waals surface area contributed by atoms with Crippen molar-refractivity contribution in [1.82, 2.24) is 0 Å². The molecular weight excluding hydrogens is 260 g/mol. The third kappa shape index (κ3) is 7.45. The molecule has 0 saturated carbocycles. The van der Waals surface area contributed by atoms with Crippen LogP contribution in [-0.4, -0.2) is 51.9 Å². The van der Waals surface area contributed by atoms with Gasteiger partial charge in [-0.25, -0.2) is 0 Å². The van der Waals surface area contributed by atoms with Crippen molar-refractivity contribution in [3.8, 4) is 5.75 Å². The van der Waals surface area contributed by atoms with Gasteiger partial charge in [0.15, 0.2) is 0 Å². The van der Waals surface area contributed by atoms with Crippen molar-refractivity contribution in [2.24, 2.45) is 0 Å². The summed E-state index contributed by atoms with van der Waals surface area (Å²) < 4.78 is 21.0. The van der Waals surface area contributed by atoms with Crippen LogP contribution in [0.4, 0.5) is 0 Å². The van der Waals surface area contributed by atoms with Crippen molar-refractivity contribution in [2.75, 3.05) is 46.8 Å². The van der Waals surface area contributed by atoms with Gasteiger partial charge in [-0.05, 0) is 24.6 Å². The number of ether oxygens (including phenoxy) is 4. The highest BCUT2D eigenvalue weighted by molar-refractivity contribution is 5.29. The van der Waals surface area contributed by atoms with Crippen LogP contribution >= 0.6 is 0 Å². The van der Waals surface area contributed by atoms with Gasteiger partial charge in [0.1, 0.15) is 12.4 Å². The van der Waals surface area contributed by atoms with E-state index in [-0.39, 0.29) is 0 Å². The largest absolute Gasteiger partial charge is 0.491 e. The van der Waals surface area contributed by atoms with Gasteiger partial charge in [-0.3, -0.25) is 0 Å². The minimum atomic E-state index is -0.487. The van der Waals surface area contributed by atoms with Crippen LogP contribution in [0.2, 0.25) is 0 Å². The van der Waals surface area contributed by atoms with Crippen LogP contribution in [0.5, 0.6) is 5.75 Å². The standard InChI is InChI=1S/C15H24O5/c1-13(16)14-4-3-5-15(12-14)20-11-10-19-9-8-18-7-6-17-2/h3-5,12-13,16H,6-11H2,1-2H3/t13-/m0/s1. The number of aliphatic hydroxyl groups excluding tert-OH is 1. The van der Waals surface area contributed by atoms with Crippen LogP contribution in [0.15, 0.2) is 24.3 Å². The lowest BCUT2D eigenvalue weighted by Crippen LogP contribution is -2.12. The molecule has 1 rings (SSSR count). The number of hydrogen-bond donors (Lipinski definition) is 1. The fourth-order valence-corrected chi connectivity index (χ4v) is 1.55. The van der Waals surface area contributed by atoms with Gasteiger partial charge in [-0.1, -0.05) is 12.1 Å². The SMILES string of the molecule is COCCOCCOCCOc1cccc([C@H](C)O)c1. The van der Waals surface area contributed by atoms with Crippen molar-refractivity contribution in [3.63, 3.8) is 0 Å². The first-order chi connectivity index (χ1) is 9.74. The molecule has 0 heterocycles. The first-order valence-electron chi connectivity index (χ1n) is 6.79. The second-order valence-electron chi connectivity index (χ2n) is 4.31. The molecule has 1 aromatic carbocycles. The fourth-order valence-electron chi connectivity index (χ4n) is 1.55. The highest BCUT2D eigenvalue weighted by Gasteiger charge is 2.02. The number of aliphatic hydroxyl groups is 1. The quantitative estimate of drug-likeness (QED) is 0.628. The molecule has 114 valence electrons. The molecule has 0 unspecified atom stereocenters. The molecule has 5 heteroatoms. The van der Waals surface area contributed by atoms with Crippen LogP contribution in [0.1, 0.15) is 18.6 Å². The topological polar surface area (TPSA) is 57.2 Å². The van der Waals surface area contributed by atoms with Gasteiger partial charge in [0.25, 0.3) is 0 Å². The fraction of sp³-hybridized carbons (Fsp3) is 0.600. The van der Waals surface area contributed by atoms with Crippen LogP contribution in [0.3, 0.4) is 0 Å². The van der Waals surface area contributed by atoms with Crippen molar-refractivity contribution < 1.29 is 24.1 Å². The first kappa shape index (κ1) is 16.9. The van der Waals surface area contributed by atoms with Gasteiger partial charge in [-0.15, -0.1) is 0 Å². The van der Waals surface area contributed by atoms with Gasteiger partial charge in [-0.2, -0.15) is 0 Å². The maximum Gasteiger partial charge on any atom is 0.119 e. The summed E-state index contributed by atoms with van der Waals surface area (Å²) in [5, 5.41) is 9.48. The highest BCUT2D eigenvalue weighted by Crippen LogP contribution is 2.18. The highest BCUT2D eigenvalue weighted by atomic mass is 16.6. The van der Waals surface area contributed by atoms with E-state index in [0.717, 1.165) is 11.3 Å². The van der Waals surface area contributed by atoms with E-state index in [1.165, 1.54) is 0 Å². The van der Waals surface area contributed by atoms with Gasteiger partial charge >= 0.3 is 0 Å². The number of rotatable bonds is 11. The second kappa shape index (κ2) is 10.6. The van der Waals surface area contributed by atoms with Gasteiger partial charge in [0.2, 0.25) is 0 Å². The summed E-state index contributed by atoms with van der Waals surface area (Å²) in [6, 6.07) is 7.42. The molecule has 0 aliphatic heterocycles. The zero-order valence-corrected chi connectivity index (χ0v) is 12.2. The van der Waals surface area contributed by atoms with Gasteiger partial charge < -0.3 is 24.1 Å². The minimum Gasteiger partial charge on any atom is -0.491 e. The molecule has 0 spiro atoms. The zero-order valence-electron chi connectivity index (χ0n) is 12.2. The molecule has 0 aliphatic carbocycles. The molecule has 5 nitrogen and oxygen atoms in total.